The summed E-state index contributed by atoms with van der Waals surface area (Å²) in [6, 6.07) is 6.64. The molecule has 4 nitrogen and oxygen atoms in total. The first-order valence-electron chi connectivity index (χ1n) is 7.32. The van der Waals surface area contributed by atoms with Crippen molar-refractivity contribution in [2.45, 2.75) is 19.4 Å². The van der Waals surface area contributed by atoms with E-state index in [4.69, 9.17) is 5.73 Å². The molecule has 0 spiro atoms. The Morgan fingerprint density at radius 3 is 2.95 bits per heavy atom. The Labute approximate surface area is 132 Å². The van der Waals surface area contributed by atoms with Crippen molar-refractivity contribution in [1.82, 2.24) is 9.88 Å². The Morgan fingerprint density at radius 1 is 1.50 bits per heavy atom. The quantitative estimate of drug-likeness (QED) is 0.946. The maximum absolute atomic E-state index is 13.8. The number of thiazole rings is 1. The number of aromatic nitrogens is 1. The van der Waals surface area contributed by atoms with Crippen LogP contribution in [0.4, 0.5) is 4.39 Å². The highest BCUT2D eigenvalue weighted by Crippen LogP contribution is 2.30. The maximum atomic E-state index is 13.8. The minimum Gasteiger partial charge on any atom is -0.335 e. The first kappa shape index (κ1) is 15.1. The molecule has 116 valence electrons. The fraction of sp³-hybridized carbons (Fsp3) is 0.375. The highest BCUT2D eigenvalue weighted by Gasteiger charge is 2.33. The molecule has 1 aromatic carbocycles. The van der Waals surface area contributed by atoms with Gasteiger partial charge >= 0.3 is 0 Å². The van der Waals surface area contributed by atoms with E-state index in [1.54, 1.807) is 18.2 Å². The van der Waals surface area contributed by atoms with Crippen LogP contribution in [0.2, 0.25) is 0 Å². The summed E-state index contributed by atoms with van der Waals surface area (Å²) in [7, 11) is 0. The number of rotatable bonds is 3. The lowest BCUT2D eigenvalue weighted by atomic mass is 10.1. The van der Waals surface area contributed by atoms with E-state index in [9.17, 15) is 9.18 Å². The number of carbonyl (C=O) groups is 1. The SMILES string of the molecule is CC1CC(CN)CN1C(=O)c1cnc(-c2ccccc2F)s1. The molecule has 22 heavy (non-hydrogen) atoms. The summed E-state index contributed by atoms with van der Waals surface area (Å²) in [5.74, 6) is -0.00460. The van der Waals surface area contributed by atoms with Crippen molar-refractivity contribution in [2.24, 2.45) is 11.7 Å². The van der Waals surface area contributed by atoms with E-state index < -0.39 is 0 Å². The smallest absolute Gasteiger partial charge is 0.265 e. The molecule has 1 aliphatic heterocycles. The van der Waals surface area contributed by atoms with Crippen LogP contribution in [0.5, 0.6) is 0 Å². The van der Waals surface area contributed by atoms with Crippen molar-refractivity contribution in [1.29, 1.82) is 0 Å². The molecule has 2 atom stereocenters. The summed E-state index contributed by atoms with van der Waals surface area (Å²) in [5.41, 5.74) is 6.14. The lowest BCUT2D eigenvalue weighted by molar-refractivity contribution is 0.0748. The lowest BCUT2D eigenvalue weighted by Gasteiger charge is -2.20. The van der Waals surface area contributed by atoms with E-state index in [1.807, 2.05) is 11.8 Å². The molecule has 1 saturated heterocycles. The molecule has 0 aliphatic carbocycles. The molecule has 0 radical (unpaired) electrons. The molecule has 2 N–H and O–H groups in total. The summed E-state index contributed by atoms with van der Waals surface area (Å²) in [6.45, 7) is 3.31. The average Bonchev–Trinajstić information content (AvgIpc) is 3.14. The van der Waals surface area contributed by atoms with Crippen molar-refractivity contribution in [3.63, 3.8) is 0 Å². The van der Waals surface area contributed by atoms with E-state index in [0.717, 1.165) is 6.42 Å². The Bertz CT molecular complexity index is 688. The van der Waals surface area contributed by atoms with Crippen LogP contribution in [-0.2, 0) is 0 Å². The first-order valence-corrected chi connectivity index (χ1v) is 8.13. The minimum absolute atomic E-state index is 0.0384. The first-order chi connectivity index (χ1) is 10.6. The van der Waals surface area contributed by atoms with Crippen LogP contribution in [0.25, 0.3) is 10.6 Å². The van der Waals surface area contributed by atoms with Gasteiger partial charge in [0, 0.05) is 18.2 Å². The molecule has 1 aliphatic rings. The fourth-order valence-corrected chi connectivity index (χ4v) is 3.77. The van der Waals surface area contributed by atoms with Crippen molar-refractivity contribution in [2.75, 3.05) is 13.1 Å². The fourth-order valence-electron chi connectivity index (χ4n) is 2.87. The molecule has 2 unspecified atom stereocenters. The zero-order valence-electron chi connectivity index (χ0n) is 12.3. The Balaban J connectivity index is 1.82. The second kappa shape index (κ2) is 6.14. The number of nitrogens with two attached hydrogens (primary N) is 1. The Kier molecular flexibility index (Phi) is 4.22. The van der Waals surface area contributed by atoms with Gasteiger partial charge in [0.15, 0.2) is 0 Å². The molecule has 1 fully saturated rings. The van der Waals surface area contributed by atoms with Gasteiger partial charge in [0.1, 0.15) is 15.7 Å². The van der Waals surface area contributed by atoms with Crippen molar-refractivity contribution in [3.05, 3.63) is 41.2 Å². The number of halogens is 1. The van der Waals surface area contributed by atoms with Gasteiger partial charge in [0.25, 0.3) is 5.91 Å². The largest absolute Gasteiger partial charge is 0.335 e. The summed E-state index contributed by atoms with van der Waals surface area (Å²) < 4.78 is 13.8. The van der Waals surface area contributed by atoms with Gasteiger partial charge in [-0.3, -0.25) is 4.79 Å². The number of hydrogen-bond donors (Lipinski definition) is 1. The third-order valence-corrected chi connectivity index (χ3v) is 5.09. The monoisotopic (exact) mass is 319 g/mol. The van der Waals surface area contributed by atoms with Gasteiger partial charge in [-0.15, -0.1) is 11.3 Å². The molecule has 2 aromatic rings. The molecule has 3 rings (SSSR count). The van der Waals surface area contributed by atoms with E-state index in [0.29, 0.717) is 34.5 Å². The molecule has 2 heterocycles. The number of amides is 1. The molecule has 6 heteroatoms. The number of nitrogens with zero attached hydrogens (tertiary/aromatic N) is 2. The summed E-state index contributed by atoms with van der Waals surface area (Å²) in [4.78, 5) is 19.2. The number of benzene rings is 1. The van der Waals surface area contributed by atoms with E-state index in [2.05, 4.69) is 4.98 Å². The predicted molar refractivity (Wildman–Crippen MR) is 85.2 cm³/mol. The number of likely N-dealkylation sites (tertiary alicyclic amines) is 1. The standard InChI is InChI=1S/C16H18FN3OS/c1-10-6-11(7-18)9-20(10)16(21)14-8-19-15(22-14)12-4-2-3-5-13(12)17/h2-5,8,10-11H,6-7,9,18H2,1H3. The minimum atomic E-state index is -0.325. The third-order valence-electron chi connectivity index (χ3n) is 4.08. The summed E-state index contributed by atoms with van der Waals surface area (Å²) >= 11 is 1.23. The Morgan fingerprint density at radius 2 is 2.27 bits per heavy atom. The molecule has 0 saturated carbocycles. The van der Waals surface area contributed by atoms with Gasteiger partial charge in [0.2, 0.25) is 0 Å². The predicted octanol–water partition coefficient (Wildman–Crippen LogP) is 2.76. The van der Waals surface area contributed by atoms with Crippen LogP contribution in [0.3, 0.4) is 0 Å². The van der Waals surface area contributed by atoms with Crippen molar-refractivity contribution in [3.8, 4) is 10.6 Å². The van der Waals surface area contributed by atoms with Gasteiger partial charge < -0.3 is 10.6 Å². The van der Waals surface area contributed by atoms with Gasteiger partial charge in [-0.25, -0.2) is 9.37 Å². The molecular weight excluding hydrogens is 301 g/mol. The van der Waals surface area contributed by atoms with Gasteiger partial charge in [-0.2, -0.15) is 0 Å². The number of carbonyl (C=O) groups excluding carboxylic acids is 1. The molecule has 0 bridgehead atoms. The Hall–Kier alpha value is -1.79. The highest BCUT2D eigenvalue weighted by atomic mass is 32.1. The van der Waals surface area contributed by atoms with Crippen molar-refractivity contribution >= 4 is 17.2 Å². The molecular formula is C16H18FN3OS. The van der Waals surface area contributed by atoms with Gasteiger partial charge in [-0.05, 0) is 37.9 Å². The van der Waals surface area contributed by atoms with E-state index in [1.165, 1.54) is 23.6 Å². The molecule has 1 amide bonds. The maximum Gasteiger partial charge on any atom is 0.265 e. The lowest BCUT2D eigenvalue weighted by Crippen LogP contribution is -2.33. The van der Waals surface area contributed by atoms with Crippen LogP contribution >= 0.6 is 11.3 Å². The average molecular weight is 319 g/mol. The zero-order chi connectivity index (χ0) is 15.7. The zero-order valence-corrected chi connectivity index (χ0v) is 13.1. The van der Waals surface area contributed by atoms with Crippen LogP contribution in [-0.4, -0.2) is 34.9 Å². The third kappa shape index (κ3) is 2.76. The van der Waals surface area contributed by atoms with Gasteiger partial charge in [0.05, 0.1) is 6.20 Å². The molecule has 1 aromatic heterocycles. The summed E-state index contributed by atoms with van der Waals surface area (Å²) in [5, 5.41) is 0.531. The normalized spacial score (nSPS) is 21.3. The van der Waals surface area contributed by atoms with Gasteiger partial charge in [-0.1, -0.05) is 12.1 Å². The number of hydrogen-bond acceptors (Lipinski definition) is 4. The van der Waals surface area contributed by atoms with Crippen LogP contribution in [0.1, 0.15) is 23.0 Å². The topological polar surface area (TPSA) is 59.2 Å². The second-order valence-corrected chi connectivity index (χ2v) is 6.68. The van der Waals surface area contributed by atoms with E-state index >= 15 is 0 Å². The van der Waals surface area contributed by atoms with E-state index in [-0.39, 0.29) is 17.8 Å². The van der Waals surface area contributed by atoms with Crippen LogP contribution < -0.4 is 5.73 Å². The second-order valence-electron chi connectivity index (χ2n) is 5.65. The van der Waals surface area contributed by atoms with Crippen molar-refractivity contribution < 1.29 is 9.18 Å². The van der Waals surface area contributed by atoms with Crippen LogP contribution in [0, 0.1) is 11.7 Å². The summed E-state index contributed by atoms with van der Waals surface area (Å²) in [6.07, 6.45) is 2.47. The van der Waals surface area contributed by atoms with Crippen LogP contribution in [0.15, 0.2) is 30.5 Å². The highest BCUT2D eigenvalue weighted by molar-refractivity contribution is 7.16.